The van der Waals surface area contributed by atoms with Crippen LogP contribution in [0.15, 0.2) is 42.5 Å². The Hall–Kier alpha value is -2.94. The molecule has 1 aliphatic rings. The second-order valence-corrected chi connectivity index (χ2v) is 10.4. The van der Waals surface area contributed by atoms with Crippen molar-refractivity contribution in [3.63, 3.8) is 0 Å². The first kappa shape index (κ1) is 25.7. The van der Waals surface area contributed by atoms with Gasteiger partial charge in [-0.2, -0.15) is 0 Å². The first-order valence-electron chi connectivity index (χ1n) is 11.4. The fourth-order valence-corrected chi connectivity index (χ4v) is 5.64. The third-order valence-corrected chi connectivity index (χ3v) is 7.74. The molecular formula is C25H34N2O6S. The van der Waals surface area contributed by atoms with Gasteiger partial charge >= 0.3 is 0 Å². The molecule has 1 aliphatic heterocycles. The topological polar surface area (TPSA) is 94.2 Å². The molecule has 8 nitrogen and oxygen atoms in total. The molecule has 0 saturated carbocycles. The smallest absolute Gasteiger partial charge is 0.244 e. The van der Waals surface area contributed by atoms with Crippen molar-refractivity contribution < 1.29 is 27.4 Å². The number of amides is 1. The molecule has 2 aromatic carbocycles. The average molecular weight is 491 g/mol. The lowest BCUT2D eigenvalue weighted by Gasteiger charge is -2.42. The van der Waals surface area contributed by atoms with Gasteiger partial charge < -0.3 is 19.5 Å². The van der Waals surface area contributed by atoms with Gasteiger partial charge in [0.25, 0.3) is 0 Å². The number of nitrogens with zero attached hydrogens (tertiary/aromatic N) is 1. The fraction of sp³-hybridized carbons (Fsp3) is 0.480. The van der Waals surface area contributed by atoms with E-state index >= 15 is 0 Å². The van der Waals surface area contributed by atoms with Crippen LogP contribution in [-0.2, 0) is 14.8 Å². The van der Waals surface area contributed by atoms with Crippen molar-refractivity contribution in [3.8, 4) is 17.2 Å². The van der Waals surface area contributed by atoms with Crippen molar-refractivity contribution in [1.29, 1.82) is 0 Å². The van der Waals surface area contributed by atoms with E-state index < -0.39 is 27.6 Å². The highest BCUT2D eigenvalue weighted by Crippen LogP contribution is 2.43. The number of benzene rings is 2. The number of para-hydroxylation sites is 1. The van der Waals surface area contributed by atoms with E-state index in [0.717, 1.165) is 34.7 Å². The molecule has 0 bridgehead atoms. The SMILES string of the molecule is CCC1(CC)C[C@H](NC(=O)[C@H](C)N(c2cc(OC)ccc2OC)S(C)(=O)=O)c2ccccc2O1. The van der Waals surface area contributed by atoms with Crippen molar-refractivity contribution in [2.24, 2.45) is 0 Å². The third-order valence-electron chi connectivity index (χ3n) is 6.51. The number of anilines is 1. The van der Waals surface area contributed by atoms with Crippen molar-refractivity contribution in [2.45, 2.75) is 57.7 Å². The van der Waals surface area contributed by atoms with E-state index in [9.17, 15) is 13.2 Å². The van der Waals surface area contributed by atoms with Crippen molar-refractivity contribution in [3.05, 3.63) is 48.0 Å². The number of fused-ring (bicyclic) bond motifs is 1. The van der Waals surface area contributed by atoms with Crippen molar-refractivity contribution in [1.82, 2.24) is 5.32 Å². The molecule has 186 valence electrons. The predicted molar refractivity (Wildman–Crippen MR) is 132 cm³/mol. The Kier molecular flexibility index (Phi) is 7.65. The molecule has 1 heterocycles. The summed E-state index contributed by atoms with van der Waals surface area (Å²) in [5, 5.41) is 3.09. The number of carbonyl (C=O) groups is 1. The molecule has 0 unspecified atom stereocenters. The van der Waals surface area contributed by atoms with E-state index in [4.69, 9.17) is 14.2 Å². The van der Waals surface area contributed by atoms with Crippen molar-refractivity contribution in [2.75, 3.05) is 24.8 Å². The Labute approximate surface area is 202 Å². The van der Waals surface area contributed by atoms with Crippen LogP contribution in [0.2, 0.25) is 0 Å². The number of nitrogens with one attached hydrogen (secondary N) is 1. The summed E-state index contributed by atoms with van der Waals surface area (Å²) < 4.78 is 43.8. The number of hydrogen-bond donors (Lipinski definition) is 1. The van der Waals surface area contributed by atoms with Crippen LogP contribution >= 0.6 is 0 Å². The van der Waals surface area contributed by atoms with Crippen LogP contribution in [0.1, 0.15) is 51.6 Å². The second-order valence-electron chi connectivity index (χ2n) is 8.57. The quantitative estimate of drug-likeness (QED) is 0.570. The normalized spacial score (nSPS) is 17.6. The van der Waals surface area contributed by atoms with Crippen LogP contribution in [0.25, 0.3) is 0 Å². The standard InChI is InChI=1S/C25H34N2O6S/c1-7-25(8-2)16-20(19-11-9-10-12-22(19)33-25)26-24(28)17(3)27(34(6,29)30)21-15-18(31-4)13-14-23(21)32-5/h9-15,17,20H,7-8,16H2,1-6H3,(H,26,28)/t17-,20-/m0/s1. The van der Waals surface area contributed by atoms with Gasteiger partial charge in [-0.3, -0.25) is 9.10 Å². The molecule has 0 radical (unpaired) electrons. The van der Waals surface area contributed by atoms with Gasteiger partial charge in [-0.25, -0.2) is 8.42 Å². The number of hydrogen-bond acceptors (Lipinski definition) is 6. The first-order valence-corrected chi connectivity index (χ1v) is 13.2. The molecular weight excluding hydrogens is 456 g/mol. The van der Waals surface area contributed by atoms with Gasteiger partial charge in [0.1, 0.15) is 28.9 Å². The zero-order valence-electron chi connectivity index (χ0n) is 20.6. The van der Waals surface area contributed by atoms with Crippen LogP contribution in [0.3, 0.4) is 0 Å². The van der Waals surface area contributed by atoms with E-state index in [2.05, 4.69) is 19.2 Å². The lowest BCUT2D eigenvalue weighted by atomic mass is 9.83. The molecule has 0 aliphatic carbocycles. The van der Waals surface area contributed by atoms with E-state index in [1.807, 2.05) is 24.3 Å². The highest BCUT2D eigenvalue weighted by Gasteiger charge is 2.40. The Morgan fingerprint density at radius 1 is 1.18 bits per heavy atom. The molecule has 0 aromatic heterocycles. The maximum Gasteiger partial charge on any atom is 0.244 e. The van der Waals surface area contributed by atoms with Gasteiger partial charge in [-0.15, -0.1) is 0 Å². The van der Waals surface area contributed by atoms with E-state index in [0.29, 0.717) is 17.9 Å². The summed E-state index contributed by atoms with van der Waals surface area (Å²) >= 11 is 0. The number of methoxy groups -OCH3 is 2. The molecule has 1 amide bonds. The Morgan fingerprint density at radius 3 is 2.44 bits per heavy atom. The molecule has 3 rings (SSSR count). The number of rotatable bonds is 9. The minimum atomic E-state index is -3.84. The highest BCUT2D eigenvalue weighted by molar-refractivity contribution is 7.92. The van der Waals surface area contributed by atoms with Gasteiger partial charge in [-0.05, 0) is 38.0 Å². The minimum Gasteiger partial charge on any atom is -0.497 e. The van der Waals surface area contributed by atoms with Gasteiger partial charge in [-0.1, -0.05) is 32.0 Å². The zero-order chi connectivity index (χ0) is 25.1. The molecule has 2 atom stereocenters. The average Bonchev–Trinajstić information content (AvgIpc) is 2.82. The Balaban J connectivity index is 1.97. The van der Waals surface area contributed by atoms with E-state index in [-0.39, 0.29) is 11.7 Å². The van der Waals surface area contributed by atoms with Gasteiger partial charge in [0.05, 0.1) is 32.2 Å². The summed E-state index contributed by atoms with van der Waals surface area (Å²) in [6.07, 6.45) is 3.24. The number of carbonyl (C=O) groups excluding carboxylic acids is 1. The number of sulfonamides is 1. The fourth-order valence-electron chi connectivity index (χ4n) is 4.47. The third kappa shape index (κ3) is 5.09. The van der Waals surface area contributed by atoms with E-state index in [1.54, 1.807) is 25.1 Å². The van der Waals surface area contributed by atoms with Crippen LogP contribution in [-0.4, -0.2) is 46.4 Å². The molecule has 2 aromatic rings. The lowest BCUT2D eigenvalue weighted by Crippen LogP contribution is -2.51. The summed E-state index contributed by atoms with van der Waals surface area (Å²) in [5.41, 5.74) is 0.712. The predicted octanol–water partition coefficient (Wildman–Crippen LogP) is 4.06. The summed E-state index contributed by atoms with van der Waals surface area (Å²) in [6.45, 7) is 5.70. The monoisotopic (exact) mass is 490 g/mol. The summed E-state index contributed by atoms with van der Waals surface area (Å²) in [7, 11) is -0.903. The van der Waals surface area contributed by atoms with Crippen LogP contribution in [0.5, 0.6) is 17.2 Å². The molecule has 34 heavy (non-hydrogen) atoms. The van der Waals surface area contributed by atoms with Crippen LogP contribution in [0, 0.1) is 0 Å². The second kappa shape index (κ2) is 10.1. The highest BCUT2D eigenvalue weighted by atomic mass is 32.2. The Morgan fingerprint density at radius 2 is 1.85 bits per heavy atom. The lowest BCUT2D eigenvalue weighted by molar-refractivity contribution is -0.123. The minimum absolute atomic E-state index is 0.232. The zero-order valence-corrected chi connectivity index (χ0v) is 21.4. The van der Waals surface area contributed by atoms with Gasteiger partial charge in [0.15, 0.2) is 0 Å². The van der Waals surface area contributed by atoms with Crippen LogP contribution in [0.4, 0.5) is 5.69 Å². The molecule has 0 fully saturated rings. The molecule has 1 N–H and O–H groups in total. The first-order chi connectivity index (χ1) is 16.1. The summed E-state index contributed by atoms with van der Waals surface area (Å²) in [5.74, 6) is 1.09. The molecule has 0 saturated heterocycles. The maximum atomic E-state index is 13.5. The van der Waals surface area contributed by atoms with Crippen molar-refractivity contribution >= 4 is 21.6 Å². The van der Waals surface area contributed by atoms with E-state index in [1.165, 1.54) is 14.2 Å². The number of ether oxygens (including phenoxy) is 3. The maximum absolute atomic E-state index is 13.5. The largest absolute Gasteiger partial charge is 0.497 e. The molecule has 0 spiro atoms. The summed E-state index contributed by atoms with van der Waals surface area (Å²) in [4.78, 5) is 13.5. The summed E-state index contributed by atoms with van der Waals surface area (Å²) in [6, 6.07) is 11.1. The van der Waals surface area contributed by atoms with Crippen LogP contribution < -0.4 is 23.8 Å². The van der Waals surface area contributed by atoms with Gasteiger partial charge in [0, 0.05) is 18.1 Å². The molecule has 9 heteroatoms. The van der Waals surface area contributed by atoms with Gasteiger partial charge in [0.2, 0.25) is 15.9 Å². The Bertz CT molecular complexity index is 1130.